The smallest absolute Gasteiger partial charge is 0.238 e. The Kier molecular flexibility index (Phi) is 2.87. The Labute approximate surface area is 115 Å². The van der Waals surface area contributed by atoms with E-state index in [-0.39, 0.29) is 34.9 Å². The largest absolute Gasteiger partial charge is 0.274 e. The van der Waals surface area contributed by atoms with Gasteiger partial charge in [-0.3, -0.25) is 9.59 Å². The molecule has 0 radical (unpaired) electrons. The van der Waals surface area contributed by atoms with Crippen LogP contribution >= 0.6 is 0 Å². The number of anilines is 1. The maximum atomic E-state index is 13.2. The molecule has 0 bridgehead atoms. The number of carbonyl (C=O) groups is 2. The molecule has 0 unspecified atom stereocenters. The van der Waals surface area contributed by atoms with E-state index in [0.29, 0.717) is 12.8 Å². The second-order valence-corrected chi connectivity index (χ2v) is 4.94. The normalized spacial score (nSPS) is 24.7. The molecule has 0 saturated carbocycles. The van der Waals surface area contributed by atoms with Crippen LogP contribution < -0.4 is 4.90 Å². The van der Waals surface area contributed by atoms with E-state index in [1.165, 1.54) is 6.07 Å². The molecule has 0 N–H and O–H groups in total. The van der Waals surface area contributed by atoms with Crippen molar-refractivity contribution >= 4 is 17.5 Å². The van der Waals surface area contributed by atoms with E-state index in [2.05, 4.69) is 0 Å². The van der Waals surface area contributed by atoms with E-state index in [1.54, 1.807) is 0 Å². The van der Waals surface area contributed by atoms with Crippen molar-refractivity contribution in [3.8, 4) is 6.07 Å². The van der Waals surface area contributed by atoms with Crippen molar-refractivity contribution in [3.63, 3.8) is 0 Å². The SMILES string of the molecule is N#Cc1cc(F)ccc1N1C(=O)[C@H]2CC=CC[C@H]2C1=O. The van der Waals surface area contributed by atoms with Gasteiger partial charge in [0.1, 0.15) is 11.9 Å². The van der Waals surface area contributed by atoms with Gasteiger partial charge >= 0.3 is 0 Å². The number of hydrogen-bond donors (Lipinski definition) is 0. The number of hydrogen-bond acceptors (Lipinski definition) is 3. The highest BCUT2D eigenvalue weighted by molar-refractivity contribution is 6.22. The second kappa shape index (κ2) is 4.57. The molecule has 5 heteroatoms. The summed E-state index contributed by atoms with van der Waals surface area (Å²) >= 11 is 0. The summed E-state index contributed by atoms with van der Waals surface area (Å²) in [7, 11) is 0. The summed E-state index contributed by atoms with van der Waals surface area (Å²) in [5, 5.41) is 9.06. The van der Waals surface area contributed by atoms with Gasteiger partial charge in [-0.05, 0) is 31.0 Å². The van der Waals surface area contributed by atoms with Gasteiger partial charge in [-0.1, -0.05) is 12.2 Å². The summed E-state index contributed by atoms with van der Waals surface area (Å²) in [5.41, 5.74) is 0.177. The topological polar surface area (TPSA) is 61.2 Å². The predicted octanol–water partition coefficient (Wildman–Crippen LogP) is 2.15. The van der Waals surface area contributed by atoms with Crippen molar-refractivity contribution in [1.82, 2.24) is 0 Å². The average Bonchev–Trinajstić information content (AvgIpc) is 2.72. The maximum Gasteiger partial charge on any atom is 0.238 e. The Bertz CT molecular complexity index is 649. The van der Waals surface area contributed by atoms with E-state index in [4.69, 9.17) is 5.26 Å². The molecule has 100 valence electrons. The number of benzene rings is 1. The Morgan fingerprint density at radius 3 is 2.30 bits per heavy atom. The molecule has 1 aromatic carbocycles. The molecule has 1 aromatic rings. The summed E-state index contributed by atoms with van der Waals surface area (Å²) in [6.07, 6.45) is 4.86. The number of halogens is 1. The van der Waals surface area contributed by atoms with Crippen LogP contribution in [0, 0.1) is 29.0 Å². The standard InChI is InChI=1S/C15H11FN2O2/c16-10-5-6-13(9(7-10)8-17)18-14(19)11-3-1-2-4-12(11)15(18)20/h1-2,5-7,11-12H,3-4H2/t11-,12+. The lowest BCUT2D eigenvalue weighted by atomic mass is 9.85. The highest BCUT2D eigenvalue weighted by Crippen LogP contribution is 2.38. The van der Waals surface area contributed by atoms with Crippen LogP contribution in [0.15, 0.2) is 30.4 Å². The third-order valence-corrected chi connectivity index (χ3v) is 3.83. The molecular weight excluding hydrogens is 259 g/mol. The lowest BCUT2D eigenvalue weighted by Gasteiger charge is -2.16. The lowest BCUT2D eigenvalue weighted by molar-refractivity contribution is -0.122. The van der Waals surface area contributed by atoms with E-state index in [9.17, 15) is 14.0 Å². The van der Waals surface area contributed by atoms with Crippen molar-refractivity contribution in [3.05, 3.63) is 41.7 Å². The van der Waals surface area contributed by atoms with Crippen LogP contribution in [-0.2, 0) is 9.59 Å². The van der Waals surface area contributed by atoms with Gasteiger partial charge in [-0.15, -0.1) is 0 Å². The Morgan fingerprint density at radius 1 is 1.15 bits per heavy atom. The minimum atomic E-state index is -0.566. The molecule has 2 aliphatic rings. The first-order chi connectivity index (χ1) is 9.63. The van der Waals surface area contributed by atoms with Crippen LogP contribution in [0.25, 0.3) is 0 Å². The van der Waals surface area contributed by atoms with Gasteiger partial charge in [0, 0.05) is 0 Å². The van der Waals surface area contributed by atoms with Gasteiger partial charge in [0.2, 0.25) is 11.8 Å². The van der Waals surface area contributed by atoms with Crippen molar-refractivity contribution < 1.29 is 14.0 Å². The first kappa shape index (κ1) is 12.5. The van der Waals surface area contributed by atoms with Gasteiger partial charge in [0.05, 0.1) is 23.1 Å². The van der Waals surface area contributed by atoms with Crippen LogP contribution in [0.1, 0.15) is 18.4 Å². The fourth-order valence-corrected chi connectivity index (χ4v) is 2.83. The molecule has 1 aliphatic carbocycles. The zero-order valence-corrected chi connectivity index (χ0v) is 10.5. The van der Waals surface area contributed by atoms with Gasteiger partial charge in [-0.2, -0.15) is 5.26 Å². The Balaban J connectivity index is 2.06. The fourth-order valence-electron chi connectivity index (χ4n) is 2.83. The molecule has 0 spiro atoms. The number of imide groups is 1. The Hall–Kier alpha value is -2.48. The summed E-state index contributed by atoms with van der Waals surface area (Å²) in [4.78, 5) is 25.8. The summed E-state index contributed by atoms with van der Waals surface area (Å²) in [5.74, 6) is -1.88. The third-order valence-electron chi connectivity index (χ3n) is 3.83. The molecule has 1 saturated heterocycles. The molecule has 3 rings (SSSR count). The molecule has 1 fully saturated rings. The van der Waals surface area contributed by atoms with Crippen molar-refractivity contribution in [2.45, 2.75) is 12.8 Å². The predicted molar refractivity (Wildman–Crippen MR) is 69.0 cm³/mol. The van der Waals surface area contributed by atoms with Crippen LogP contribution in [0.5, 0.6) is 0 Å². The quantitative estimate of drug-likeness (QED) is 0.580. The number of nitrogens with zero attached hydrogens (tertiary/aromatic N) is 2. The molecule has 2 amide bonds. The molecular formula is C15H11FN2O2. The molecule has 4 nitrogen and oxygen atoms in total. The molecule has 20 heavy (non-hydrogen) atoms. The first-order valence-electron chi connectivity index (χ1n) is 6.36. The molecule has 1 heterocycles. The lowest BCUT2D eigenvalue weighted by Crippen LogP contribution is -2.31. The minimum absolute atomic E-state index is 0.00157. The average molecular weight is 270 g/mol. The number of carbonyl (C=O) groups excluding carboxylic acids is 2. The number of fused-ring (bicyclic) bond motifs is 1. The number of allylic oxidation sites excluding steroid dienone is 2. The molecule has 2 atom stereocenters. The summed E-state index contributed by atoms with van der Waals surface area (Å²) in [6.45, 7) is 0. The van der Waals surface area contributed by atoms with Gasteiger partial charge in [0.15, 0.2) is 0 Å². The van der Waals surface area contributed by atoms with E-state index in [0.717, 1.165) is 17.0 Å². The summed E-state index contributed by atoms with van der Waals surface area (Å²) < 4.78 is 13.2. The van der Waals surface area contributed by atoms with Crippen LogP contribution in [0.2, 0.25) is 0 Å². The highest BCUT2D eigenvalue weighted by atomic mass is 19.1. The minimum Gasteiger partial charge on any atom is -0.274 e. The maximum absolute atomic E-state index is 13.2. The number of rotatable bonds is 1. The highest BCUT2D eigenvalue weighted by Gasteiger charge is 2.48. The zero-order chi connectivity index (χ0) is 14.3. The van der Waals surface area contributed by atoms with Gasteiger partial charge in [-0.25, -0.2) is 9.29 Å². The van der Waals surface area contributed by atoms with Crippen molar-refractivity contribution in [1.29, 1.82) is 5.26 Å². The van der Waals surface area contributed by atoms with Crippen LogP contribution in [0.3, 0.4) is 0 Å². The fraction of sp³-hybridized carbons (Fsp3) is 0.267. The van der Waals surface area contributed by atoms with Crippen LogP contribution in [0.4, 0.5) is 10.1 Å². The monoisotopic (exact) mass is 270 g/mol. The molecule has 0 aromatic heterocycles. The number of nitriles is 1. The zero-order valence-electron chi connectivity index (χ0n) is 10.5. The second-order valence-electron chi connectivity index (χ2n) is 4.94. The van der Waals surface area contributed by atoms with E-state index >= 15 is 0 Å². The van der Waals surface area contributed by atoms with E-state index in [1.807, 2.05) is 18.2 Å². The summed E-state index contributed by atoms with van der Waals surface area (Å²) in [6, 6.07) is 5.34. The first-order valence-corrected chi connectivity index (χ1v) is 6.36. The third kappa shape index (κ3) is 1.73. The van der Waals surface area contributed by atoms with Gasteiger partial charge in [0.25, 0.3) is 0 Å². The molecule has 1 aliphatic heterocycles. The number of amides is 2. The van der Waals surface area contributed by atoms with Crippen molar-refractivity contribution in [2.75, 3.05) is 4.90 Å². The Morgan fingerprint density at radius 2 is 1.75 bits per heavy atom. The van der Waals surface area contributed by atoms with Crippen molar-refractivity contribution in [2.24, 2.45) is 11.8 Å². The van der Waals surface area contributed by atoms with Crippen LogP contribution in [-0.4, -0.2) is 11.8 Å². The van der Waals surface area contributed by atoms with E-state index < -0.39 is 5.82 Å². The van der Waals surface area contributed by atoms with Gasteiger partial charge < -0.3 is 0 Å².